The highest BCUT2D eigenvalue weighted by molar-refractivity contribution is 7.88. The average molecular weight is 312 g/mol. The lowest BCUT2D eigenvalue weighted by Crippen LogP contribution is -2.32. The molecule has 2 rings (SSSR count). The van der Waals surface area contributed by atoms with Crippen LogP contribution in [0.1, 0.15) is 23.4 Å². The fraction of sp³-hybridized carbons (Fsp3) is 0.429. The van der Waals surface area contributed by atoms with Crippen LogP contribution in [0, 0.1) is 6.92 Å². The molecular formula is C14H20N2O2S2. The summed E-state index contributed by atoms with van der Waals surface area (Å²) in [5, 5.41) is 4.66. The van der Waals surface area contributed by atoms with Crippen LogP contribution >= 0.6 is 11.3 Å². The minimum Gasteiger partial charge on any atom is -0.308 e. The van der Waals surface area contributed by atoms with E-state index in [1.54, 1.807) is 11.3 Å². The molecule has 0 aliphatic rings. The van der Waals surface area contributed by atoms with Gasteiger partial charge >= 0.3 is 0 Å². The summed E-state index contributed by atoms with van der Waals surface area (Å²) < 4.78 is 25.7. The Labute approximate surface area is 124 Å². The Morgan fingerprint density at radius 2 is 1.95 bits per heavy atom. The van der Waals surface area contributed by atoms with Gasteiger partial charge in [0.25, 0.3) is 0 Å². The standard InChI is InChI=1S/C14H20N2O2S2/c1-10-12-6-4-5-7-13(12)19-14(10)11(2)15-8-9-16-20(3,17)18/h4-7,11,15-16H,8-9H2,1-3H3. The predicted molar refractivity (Wildman–Crippen MR) is 85.8 cm³/mol. The number of thiophene rings is 1. The Hall–Kier alpha value is -0.950. The summed E-state index contributed by atoms with van der Waals surface area (Å²) in [4.78, 5) is 1.31. The van der Waals surface area contributed by atoms with Crippen LogP contribution in [-0.4, -0.2) is 27.8 Å². The fourth-order valence-corrected chi connectivity index (χ4v) is 3.93. The molecule has 0 fully saturated rings. The maximum atomic E-state index is 11.0. The number of sulfonamides is 1. The molecule has 1 unspecified atom stereocenters. The van der Waals surface area contributed by atoms with Crippen LogP contribution in [-0.2, 0) is 10.0 Å². The third kappa shape index (κ3) is 3.79. The summed E-state index contributed by atoms with van der Waals surface area (Å²) in [6.07, 6.45) is 1.17. The van der Waals surface area contributed by atoms with Crippen molar-refractivity contribution >= 4 is 31.4 Å². The van der Waals surface area contributed by atoms with Gasteiger partial charge in [0.05, 0.1) is 6.26 Å². The molecule has 0 radical (unpaired) electrons. The summed E-state index contributed by atoms with van der Waals surface area (Å²) in [5.74, 6) is 0. The molecule has 1 heterocycles. The molecule has 4 nitrogen and oxygen atoms in total. The number of rotatable bonds is 6. The van der Waals surface area contributed by atoms with E-state index >= 15 is 0 Å². The molecule has 6 heteroatoms. The van der Waals surface area contributed by atoms with Gasteiger partial charge in [0.1, 0.15) is 0 Å². The Kier molecular flexibility index (Phi) is 4.80. The van der Waals surface area contributed by atoms with Crippen molar-refractivity contribution < 1.29 is 8.42 Å². The van der Waals surface area contributed by atoms with Crippen molar-refractivity contribution in [2.45, 2.75) is 19.9 Å². The molecule has 0 amide bonds. The lowest BCUT2D eigenvalue weighted by molar-refractivity contribution is 0.559. The molecule has 0 bridgehead atoms. The van der Waals surface area contributed by atoms with Gasteiger partial charge in [0.15, 0.2) is 0 Å². The first-order chi connectivity index (χ1) is 9.38. The second-order valence-electron chi connectivity index (χ2n) is 4.93. The maximum Gasteiger partial charge on any atom is 0.208 e. The molecule has 20 heavy (non-hydrogen) atoms. The number of nitrogens with one attached hydrogen (secondary N) is 2. The molecule has 1 aromatic heterocycles. The molecule has 2 aromatic rings. The largest absolute Gasteiger partial charge is 0.308 e. The molecule has 0 saturated heterocycles. The SMILES string of the molecule is Cc1c(C(C)NCCNS(C)(=O)=O)sc2ccccc12. The number of hydrogen-bond acceptors (Lipinski definition) is 4. The minimum atomic E-state index is -3.10. The topological polar surface area (TPSA) is 58.2 Å². The summed E-state index contributed by atoms with van der Waals surface area (Å²) in [6, 6.07) is 8.60. The van der Waals surface area contributed by atoms with E-state index < -0.39 is 10.0 Å². The van der Waals surface area contributed by atoms with E-state index in [1.807, 2.05) is 0 Å². The Morgan fingerprint density at radius 3 is 2.60 bits per heavy atom. The number of hydrogen-bond donors (Lipinski definition) is 2. The van der Waals surface area contributed by atoms with Crippen molar-refractivity contribution in [3.8, 4) is 0 Å². The zero-order chi connectivity index (χ0) is 14.8. The van der Waals surface area contributed by atoms with Gasteiger partial charge in [-0.2, -0.15) is 0 Å². The summed E-state index contributed by atoms with van der Waals surface area (Å²) in [7, 11) is -3.10. The van der Waals surface area contributed by atoms with Gasteiger partial charge in [0, 0.05) is 28.7 Å². The molecule has 110 valence electrons. The lowest BCUT2D eigenvalue weighted by atomic mass is 10.1. The molecule has 0 aliphatic heterocycles. The van der Waals surface area contributed by atoms with Crippen molar-refractivity contribution in [1.82, 2.24) is 10.0 Å². The normalized spacial score (nSPS) is 13.8. The molecule has 1 atom stereocenters. The van der Waals surface area contributed by atoms with Crippen molar-refractivity contribution in [2.24, 2.45) is 0 Å². The Bertz CT molecular complexity index is 692. The Morgan fingerprint density at radius 1 is 1.25 bits per heavy atom. The third-order valence-corrected chi connectivity index (χ3v) is 5.40. The molecular weight excluding hydrogens is 292 g/mol. The minimum absolute atomic E-state index is 0.216. The molecule has 2 N–H and O–H groups in total. The van der Waals surface area contributed by atoms with E-state index in [4.69, 9.17) is 0 Å². The number of benzene rings is 1. The van der Waals surface area contributed by atoms with Crippen LogP contribution in [0.2, 0.25) is 0 Å². The summed E-state index contributed by atoms with van der Waals surface area (Å²) >= 11 is 1.79. The first-order valence-corrected chi connectivity index (χ1v) is 9.25. The first kappa shape index (κ1) is 15.4. The second-order valence-corrected chi connectivity index (χ2v) is 7.85. The lowest BCUT2D eigenvalue weighted by Gasteiger charge is -2.13. The highest BCUT2D eigenvalue weighted by Gasteiger charge is 2.13. The van der Waals surface area contributed by atoms with Gasteiger partial charge in [-0.15, -0.1) is 11.3 Å². The van der Waals surface area contributed by atoms with Crippen LogP contribution in [0.4, 0.5) is 0 Å². The van der Waals surface area contributed by atoms with Crippen LogP contribution in [0.3, 0.4) is 0 Å². The highest BCUT2D eigenvalue weighted by atomic mass is 32.2. The average Bonchev–Trinajstić information content (AvgIpc) is 2.72. The highest BCUT2D eigenvalue weighted by Crippen LogP contribution is 2.34. The summed E-state index contributed by atoms with van der Waals surface area (Å²) in [6.45, 7) is 5.27. The van der Waals surface area contributed by atoms with E-state index in [2.05, 4.69) is 48.2 Å². The van der Waals surface area contributed by atoms with Crippen LogP contribution < -0.4 is 10.0 Å². The number of fused-ring (bicyclic) bond motifs is 1. The van der Waals surface area contributed by atoms with E-state index in [-0.39, 0.29) is 6.04 Å². The van der Waals surface area contributed by atoms with Gasteiger partial charge in [0.2, 0.25) is 10.0 Å². The van der Waals surface area contributed by atoms with Crippen LogP contribution in [0.15, 0.2) is 24.3 Å². The molecule has 0 saturated carbocycles. The van der Waals surface area contributed by atoms with Crippen molar-refractivity contribution in [3.05, 3.63) is 34.7 Å². The van der Waals surface area contributed by atoms with E-state index in [9.17, 15) is 8.42 Å². The van der Waals surface area contributed by atoms with Crippen molar-refractivity contribution in [1.29, 1.82) is 0 Å². The second kappa shape index (κ2) is 6.22. The van der Waals surface area contributed by atoms with E-state index in [0.29, 0.717) is 13.1 Å². The summed E-state index contributed by atoms with van der Waals surface area (Å²) in [5.41, 5.74) is 1.31. The van der Waals surface area contributed by atoms with Crippen LogP contribution in [0.25, 0.3) is 10.1 Å². The zero-order valence-corrected chi connectivity index (χ0v) is 13.6. The monoisotopic (exact) mass is 312 g/mol. The van der Waals surface area contributed by atoms with Crippen molar-refractivity contribution in [3.63, 3.8) is 0 Å². The van der Waals surface area contributed by atoms with Gasteiger partial charge < -0.3 is 5.32 Å². The van der Waals surface area contributed by atoms with Gasteiger partial charge in [-0.3, -0.25) is 0 Å². The van der Waals surface area contributed by atoms with E-state index in [0.717, 1.165) is 0 Å². The van der Waals surface area contributed by atoms with Crippen molar-refractivity contribution in [2.75, 3.05) is 19.3 Å². The third-order valence-electron chi connectivity index (χ3n) is 3.21. The fourth-order valence-electron chi connectivity index (χ4n) is 2.22. The molecule has 0 aliphatic carbocycles. The van der Waals surface area contributed by atoms with E-state index in [1.165, 1.54) is 26.8 Å². The molecule has 0 spiro atoms. The van der Waals surface area contributed by atoms with Gasteiger partial charge in [-0.05, 0) is 30.9 Å². The van der Waals surface area contributed by atoms with Gasteiger partial charge in [-0.25, -0.2) is 13.1 Å². The maximum absolute atomic E-state index is 11.0. The zero-order valence-electron chi connectivity index (χ0n) is 11.9. The van der Waals surface area contributed by atoms with Crippen LogP contribution in [0.5, 0.6) is 0 Å². The Balaban J connectivity index is 2.01. The smallest absolute Gasteiger partial charge is 0.208 e. The molecule has 1 aromatic carbocycles. The number of aryl methyl sites for hydroxylation is 1. The van der Waals surface area contributed by atoms with Gasteiger partial charge in [-0.1, -0.05) is 18.2 Å². The predicted octanol–water partition coefficient (Wildman–Crippen LogP) is 2.41. The first-order valence-electron chi connectivity index (χ1n) is 6.54. The quantitative estimate of drug-likeness (QED) is 0.805.